The molecular formula is C32H62N2O4. The van der Waals surface area contributed by atoms with Crippen LogP contribution in [0.15, 0.2) is 0 Å². The second-order valence-corrected chi connectivity index (χ2v) is 13.3. The van der Waals surface area contributed by atoms with Crippen molar-refractivity contribution in [3.8, 4) is 0 Å². The molecule has 0 aliphatic heterocycles. The second kappa shape index (κ2) is 18.8. The van der Waals surface area contributed by atoms with Crippen molar-refractivity contribution in [1.82, 2.24) is 10.6 Å². The van der Waals surface area contributed by atoms with Gasteiger partial charge in [-0.05, 0) is 67.6 Å². The first-order valence-corrected chi connectivity index (χ1v) is 15.9. The molecule has 224 valence electrons. The number of hydrogen-bond acceptors (Lipinski definition) is 4. The zero-order chi connectivity index (χ0) is 28.4. The van der Waals surface area contributed by atoms with Crippen molar-refractivity contribution in [2.75, 3.05) is 19.8 Å². The number of ether oxygens (including phenoxy) is 2. The maximum atomic E-state index is 12.7. The Hall–Kier alpha value is -1.46. The predicted octanol–water partition coefficient (Wildman–Crippen LogP) is 9.02. The lowest BCUT2D eigenvalue weighted by molar-refractivity contribution is 0.0582. The third-order valence-electron chi connectivity index (χ3n) is 8.19. The topological polar surface area (TPSA) is 76.7 Å². The lowest BCUT2D eigenvalue weighted by Crippen LogP contribution is -2.50. The zero-order valence-electron chi connectivity index (χ0n) is 26.1. The second-order valence-electron chi connectivity index (χ2n) is 13.3. The summed E-state index contributed by atoms with van der Waals surface area (Å²) < 4.78 is 11.4. The minimum Gasteiger partial charge on any atom is -0.449 e. The number of nitrogens with one attached hydrogen (secondary N) is 2. The highest BCUT2D eigenvalue weighted by molar-refractivity contribution is 5.68. The molecule has 2 unspecified atom stereocenters. The Morgan fingerprint density at radius 1 is 0.737 bits per heavy atom. The van der Waals surface area contributed by atoms with Crippen LogP contribution in [0.5, 0.6) is 0 Å². The van der Waals surface area contributed by atoms with Gasteiger partial charge in [-0.25, -0.2) is 9.59 Å². The van der Waals surface area contributed by atoms with E-state index in [9.17, 15) is 9.59 Å². The Balaban J connectivity index is 2.58. The van der Waals surface area contributed by atoms with E-state index in [1.807, 2.05) is 0 Å². The first-order chi connectivity index (χ1) is 18.1. The summed E-state index contributed by atoms with van der Waals surface area (Å²) >= 11 is 0. The van der Waals surface area contributed by atoms with Crippen molar-refractivity contribution in [2.24, 2.45) is 22.7 Å². The monoisotopic (exact) mass is 538 g/mol. The third kappa shape index (κ3) is 15.2. The van der Waals surface area contributed by atoms with Gasteiger partial charge in [0.2, 0.25) is 0 Å². The SMILES string of the molecule is CCCCC(CCCC)COC(=O)NCC1(C)CC(NC(=O)OCC(CCCC)CCCC)CC(C)(C)C1. The lowest BCUT2D eigenvalue weighted by atomic mass is 9.62. The van der Waals surface area contributed by atoms with Crippen molar-refractivity contribution in [3.05, 3.63) is 0 Å². The standard InChI is InChI=1S/C32H62N2O4/c1-8-12-16-26(17-13-9-2)22-37-29(35)33-25-32(7)21-28(20-31(5,6)24-32)34-30(36)38-23-27(18-14-10-3)19-15-11-4/h26-28H,8-25H2,1-7H3,(H,33,35)(H,34,36). The van der Waals surface area contributed by atoms with E-state index in [0.29, 0.717) is 31.6 Å². The van der Waals surface area contributed by atoms with Gasteiger partial charge in [0, 0.05) is 12.6 Å². The molecule has 0 aromatic heterocycles. The van der Waals surface area contributed by atoms with Crippen LogP contribution in [-0.2, 0) is 9.47 Å². The van der Waals surface area contributed by atoms with Crippen LogP contribution >= 0.6 is 0 Å². The van der Waals surface area contributed by atoms with E-state index < -0.39 is 0 Å². The molecule has 1 aliphatic carbocycles. The van der Waals surface area contributed by atoms with Gasteiger partial charge in [-0.3, -0.25) is 0 Å². The number of hydrogen-bond donors (Lipinski definition) is 2. The largest absolute Gasteiger partial charge is 0.449 e. The van der Waals surface area contributed by atoms with E-state index in [0.717, 1.165) is 44.9 Å². The van der Waals surface area contributed by atoms with Crippen molar-refractivity contribution >= 4 is 12.2 Å². The normalized spacial score (nSPS) is 20.9. The third-order valence-corrected chi connectivity index (χ3v) is 8.19. The van der Waals surface area contributed by atoms with Crippen LogP contribution in [-0.4, -0.2) is 38.0 Å². The van der Waals surface area contributed by atoms with Gasteiger partial charge in [-0.1, -0.05) is 99.8 Å². The molecule has 0 radical (unpaired) electrons. The Labute approximate surface area is 235 Å². The molecule has 2 amide bonds. The molecular weight excluding hydrogens is 476 g/mol. The summed E-state index contributed by atoms with van der Waals surface area (Å²) in [5.41, 5.74) is -0.0555. The van der Waals surface area contributed by atoms with Crippen molar-refractivity contribution < 1.29 is 19.1 Å². The van der Waals surface area contributed by atoms with Gasteiger partial charge >= 0.3 is 12.2 Å². The molecule has 6 nitrogen and oxygen atoms in total. The molecule has 1 rings (SSSR count). The Morgan fingerprint density at radius 2 is 1.18 bits per heavy atom. The molecule has 2 N–H and O–H groups in total. The van der Waals surface area contributed by atoms with E-state index in [-0.39, 0.29) is 29.1 Å². The average molecular weight is 539 g/mol. The van der Waals surface area contributed by atoms with Crippen LogP contribution in [0.2, 0.25) is 0 Å². The number of rotatable bonds is 19. The van der Waals surface area contributed by atoms with E-state index in [2.05, 4.69) is 59.1 Å². The van der Waals surface area contributed by atoms with Crippen molar-refractivity contribution in [1.29, 1.82) is 0 Å². The van der Waals surface area contributed by atoms with Gasteiger partial charge in [0.05, 0.1) is 13.2 Å². The summed E-state index contributed by atoms with van der Waals surface area (Å²) in [6, 6.07) is 0.0336. The summed E-state index contributed by atoms with van der Waals surface area (Å²) in [6.45, 7) is 17.1. The minimum atomic E-state index is -0.318. The zero-order valence-corrected chi connectivity index (χ0v) is 26.1. The van der Waals surface area contributed by atoms with E-state index in [4.69, 9.17) is 9.47 Å². The van der Waals surface area contributed by atoms with Gasteiger partial charge < -0.3 is 20.1 Å². The fourth-order valence-electron chi connectivity index (χ4n) is 6.40. The van der Waals surface area contributed by atoms with Gasteiger partial charge in [0.1, 0.15) is 0 Å². The number of alkyl carbamates (subject to hydrolysis) is 2. The van der Waals surface area contributed by atoms with Gasteiger partial charge in [0.25, 0.3) is 0 Å². The molecule has 0 aromatic carbocycles. The number of carbonyl (C=O) groups excluding carboxylic acids is 2. The Kier molecular flexibility index (Phi) is 17.1. The Morgan fingerprint density at radius 3 is 1.63 bits per heavy atom. The van der Waals surface area contributed by atoms with Gasteiger partial charge in [-0.15, -0.1) is 0 Å². The molecule has 1 fully saturated rings. The molecule has 1 saturated carbocycles. The van der Waals surface area contributed by atoms with E-state index >= 15 is 0 Å². The van der Waals surface area contributed by atoms with Crippen molar-refractivity contribution in [3.63, 3.8) is 0 Å². The first kappa shape index (κ1) is 34.6. The molecule has 0 saturated heterocycles. The molecule has 0 bridgehead atoms. The van der Waals surface area contributed by atoms with Crippen LogP contribution in [0.25, 0.3) is 0 Å². The summed E-state index contributed by atoms with van der Waals surface area (Å²) in [5, 5.41) is 6.21. The average Bonchev–Trinajstić information content (AvgIpc) is 2.85. The van der Waals surface area contributed by atoms with E-state index in [1.54, 1.807) is 0 Å². The van der Waals surface area contributed by atoms with Crippen LogP contribution in [0.4, 0.5) is 9.59 Å². The van der Waals surface area contributed by atoms with Crippen LogP contribution in [0.1, 0.15) is 145 Å². The fraction of sp³-hybridized carbons (Fsp3) is 0.938. The minimum absolute atomic E-state index is 0.0336. The predicted molar refractivity (Wildman–Crippen MR) is 158 cm³/mol. The molecule has 0 spiro atoms. The summed E-state index contributed by atoms with van der Waals surface area (Å²) in [5.74, 6) is 0.903. The highest BCUT2D eigenvalue weighted by Gasteiger charge is 2.42. The molecule has 38 heavy (non-hydrogen) atoms. The molecule has 6 heteroatoms. The smallest absolute Gasteiger partial charge is 0.407 e. The van der Waals surface area contributed by atoms with E-state index in [1.165, 1.54) is 51.4 Å². The highest BCUT2D eigenvalue weighted by atomic mass is 16.6. The first-order valence-electron chi connectivity index (χ1n) is 15.9. The molecule has 2 atom stereocenters. The number of amides is 2. The van der Waals surface area contributed by atoms with Crippen LogP contribution in [0.3, 0.4) is 0 Å². The van der Waals surface area contributed by atoms with Gasteiger partial charge in [0.15, 0.2) is 0 Å². The molecule has 1 aliphatic rings. The van der Waals surface area contributed by atoms with Crippen LogP contribution < -0.4 is 10.6 Å². The fourth-order valence-corrected chi connectivity index (χ4v) is 6.40. The number of unbranched alkanes of at least 4 members (excludes halogenated alkanes) is 4. The highest BCUT2D eigenvalue weighted by Crippen LogP contribution is 2.45. The molecule has 0 aromatic rings. The summed E-state index contributed by atoms with van der Waals surface area (Å²) in [7, 11) is 0. The maximum absolute atomic E-state index is 12.7. The van der Waals surface area contributed by atoms with Crippen LogP contribution in [0, 0.1) is 22.7 Å². The molecule has 0 heterocycles. The Bertz CT molecular complexity index is 637. The van der Waals surface area contributed by atoms with Gasteiger partial charge in [-0.2, -0.15) is 0 Å². The maximum Gasteiger partial charge on any atom is 0.407 e. The quantitative estimate of drug-likeness (QED) is 0.172. The lowest BCUT2D eigenvalue weighted by Gasteiger charge is -2.46. The van der Waals surface area contributed by atoms with Crippen molar-refractivity contribution in [2.45, 2.75) is 151 Å². The summed E-state index contributed by atoms with van der Waals surface area (Å²) in [4.78, 5) is 25.3. The number of carbonyl (C=O) groups is 2. The summed E-state index contributed by atoms with van der Waals surface area (Å²) in [6.07, 6.45) is 16.0.